The number of rotatable bonds is 3. The number of anilines is 1. The standard InChI is InChI=1S/C19H19N3S.ClH/c1-22(16-9-4-6-14(12-16)13-23)19(20)21-18-11-5-8-15-7-2-3-10-17(15)18;/h2-12,23H,13H2,1H3,(H2,20,21);1H. The van der Waals surface area contributed by atoms with Gasteiger partial charge in [-0.25, -0.2) is 4.99 Å². The van der Waals surface area contributed by atoms with Crippen LogP contribution in [0.25, 0.3) is 10.8 Å². The molecule has 3 aromatic carbocycles. The van der Waals surface area contributed by atoms with Crippen LogP contribution in [0.4, 0.5) is 11.4 Å². The zero-order chi connectivity index (χ0) is 16.2. The highest BCUT2D eigenvalue weighted by Gasteiger charge is 2.07. The van der Waals surface area contributed by atoms with E-state index in [1.165, 1.54) is 0 Å². The van der Waals surface area contributed by atoms with Crippen molar-refractivity contribution >= 4 is 53.1 Å². The number of halogens is 1. The maximum absolute atomic E-state index is 6.22. The molecule has 0 amide bonds. The fourth-order valence-corrected chi connectivity index (χ4v) is 2.70. The van der Waals surface area contributed by atoms with Gasteiger partial charge in [0, 0.05) is 23.9 Å². The molecule has 3 nitrogen and oxygen atoms in total. The molecule has 5 heteroatoms. The third kappa shape index (κ3) is 3.83. The van der Waals surface area contributed by atoms with E-state index in [0.29, 0.717) is 11.7 Å². The van der Waals surface area contributed by atoms with Gasteiger partial charge in [0.15, 0.2) is 0 Å². The Balaban J connectivity index is 0.00000208. The van der Waals surface area contributed by atoms with E-state index in [0.717, 1.165) is 27.7 Å². The van der Waals surface area contributed by atoms with Crippen LogP contribution in [0.1, 0.15) is 5.56 Å². The molecule has 0 atom stereocenters. The summed E-state index contributed by atoms with van der Waals surface area (Å²) in [5, 5.41) is 2.25. The fraction of sp³-hybridized carbons (Fsp3) is 0.105. The smallest absolute Gasteiger partial charge is 0.200 e. The quantitative estimate of drug-likeness (QED) is 0.402. The van der Waals surface area contributed by atoms with Crippen LogP contribution in [0.3, 0.4) is 0 Å². The van der Waals surface area contributed by atoms with E-state index in [-0.39, 0.29) is 12.4 Å². The molecule has 0 radical (unpaired) electrons. The minimum atomic E-state index is 0. The van der Waals surface area contributed by atoms with Crippen LogP contribution in [0.5, 0.6) is 0 Å². The van der Waals surface area contributed by atoms with Gasteiger partial charge in [-0.3, -0.25) is 0 Å². The molecule has 0 saturated heterocycles. The van der Waals surface area contributed by atoms with E-state index in [1.54, 1.807) is 0 Å². The number of nitrogens with two attached hydrogens (primary N) is 1. The number of hydrogen-bond acceptors (Lipinski definition) is 2. The molecule has 0 aromatic heterocycles. The van der Waals surface area contributed by atoms with Crippen molar-refractivity contribution in [1.29, 1.82) is 0 Å². The Kier molecular flexibility index (Phi) is 6.12. The molecule has 0 aliphatic carbocycles. The van der Waals surface area contributed by atoms with E-state index in [9.17, 15) is 0 Å². The zero-order valence-corrected chi connectivity index (χ0v) is 15.1. The summed E-state index contributed by atoms with van der Waals surface area (Å²) in [6, 6.07) is 22.3. The molecular weight excluding hydrogens is 338 g/mol. The van der Waals surface area contributed by atoms with Gasteiger partial charge in [-0.2, -0.15) is 12.6 Å². The predicted molar refractivity (Wildman–Crippen MR) is 110 cm³/mol. The van der Waals surface area contributed by atoms with E-state index in [2.05, 4.69) is 41.9 Å². The van der Waals surface area contributed by atoms with Crippen LogP contribution in [0, 0.1) is 0 Å². The maximum Gasteiger partial charge on any atom is 0.200 e. The van der Waals surface area contributed by atoms with Crippen molar-refractivity contribution in [3.8, 4) is 0 Å². The molecule has 0 saturated carbocycles. The molecule has 3 aromatic rings. The normalized spacial score (nSPS) is 11.2. The molecular formula is C19H20ClN3S. The van der Waals surface area contributed by atoms with Crippen molar-refractivity contribution in [3.63, 3.8) is 0 Å². The number of guanidine groups is 1. The van der Waals surface area contributed by atoms with Crippen molar-refractivity contribution in [2.75, 3.05) is 11.9 Å². The first kappa shape index (κ1) is 18.2. The van der Waals surface area contributed by atoms with Crippen LogP contribution < -0.4 is 10.6 Å². The average molecular weight is 358 g/mol. The van der Waals surface area contributed by atoms with Crippen LogP contribution in [-0.2, 0) is 5.75 Å². The Hall–Kier alpha value is -2.17. The van der Waals surface area contributed by atoms with Gasteiger partial charge in [0.2, 0.25) is 5.96 Å². The summed E-state index contributed by atoms with van der Waals surface area (Å²) in [6.45, 7) is 0. The summed E-state index contributed by atoms with van der Waals surface area (Å²) in [5.74, 6) is 1.15. The van der Waals surface area contributed by atoms with Crippen LogP contribution in [-0.4, -0.2) is 13.0 Å². The van der Waals surface area contributed by atoms with Gasteiger partial charge in [-0.1, -0.05) is 48.5 Å². The highest BCUT2D eigenvalue weighted by Crippen LogP contribution is 2.26. The van der Waals surface area contributed by atoms with Crippen molar-refractivity contribution in [3.05, 3.63) is 72.3 Å². The molecule has 0 aliphatic rings. The van der Waals surface area contributed by atoms with Gasteiger partial charge in [0.25, 0.3) is 0 Å². The Morgan fingerprint density at radius 1 is 1.04 bits per heavy atom. The number of aliphatic imine (C=N–C) groups is 1. The number of nitrogens with zero attached hydrogens (tertiary/aromatic N) is 2. The van der Waals surface area contributed by atoms with Crippen molar-refractivity contribution in [1.82, 2.24) is 0 Å². The SMILES string of the molecule is CN(C(N)=Nc1cccc2ccccc12)c1cccc(CS)c1.Cl. The van der Waals surface area contributed by atoms with Gasteiger partial charge in [0.05, 0.1) is 5.69 Å². The van der Waals surface area contributed by atoms with Crippen molar-refractivity contribution < 1.29 is 0 Å². The van der Waals surface area contributed by atoms with Crippen LogP contribution in [0.15, 0.2) is 71.7 Å². The monoisotopic (exact) mass is 357 g/mol. The second-order valence-corrected chi connectivity index (χ2v) is 5.67. The van der Waals surface area contributed by atoms with E-state index >= 15 is 0 Å². The van der Waals surface area contributed by atoms with Gasteiger partial charge in [0.1, 0.15) is 0 Å². The lowest BCUT2D eigenvalue weighted by Crippen LogP contribution is -2.33. The van der Waals surface area contributed by atoms with Gasteiger partial charge in [-0.05, 0) is 29.1 Å². The number of fused-ring (bicyclic) bond motifs is 1. The molecule has 0 spiro atoms. The molecule has 0 bridgehead atoms. The number of hydrogen-bond donors (Lipinski definition) is 2. The highest BCUT2D eigenvalue weighted by molar-refractivity contribution is 7.79. The van der Waals surface area contributed by atoms with E-state index in [1.807, 2.05) is 54.4 Å². The molecule has 0 aliphatic heterocycles. The second-order valence-electron chi connectivity index (χ2n) is 5.36. The number of benzene rings is 3. The Morgan fingerprint density at radius 2 is 1.75 bits per heavy atom. The van der Waals surface area contributed by atoms with Crippen molar-refractivity contribution in [2.45, 2.75) is 5.75 Å². The number of thiol groups is 1. The molecule has 2 N–H and O–H groups in total. The first-order valence-corrected chi connectivity index (χ1v) is 8.08. The Labute approximate surface area is 154 Å². The summed E-state index contributed by atoms with van der Waals surface area (Å²) in [7, 11) is 1.92. The van der Waals surface area contributed by atoms with Gasteiger partial charge in [-0.15, -0.1) is 12.4 Å². The first-order valence-electron chi connectivity index (χ1n) is 7.44. The largest absolute Gasteiger partial charge is 0.369 e. The molecule has 3 rings (SSSR count). The summed E-state index contributed by atoms with van der Waals surface area (Å²) in [6.07, 6.45) is 0. The topological polar surface area (TPSA) is 41.6 Å². The summed E-state index contributed by atoms with van der Waals surface area (Å²) >= 11 is 4.32. The molecule has 0 unspecified atom stereocenters. The minimum Gasteiger partial charge on any atom is -0.369 e. The van der Waals surface area contributed by atoms with Gasteiger partial charge < -0.3 is 10.6 Å². The molecule has 24 heavy (non-hydrogen) atoms. The Bertz CT molecular complexity index is 859. The lowest BCUT2D eigenvalue weighted by atomic mass is 10.1. The third-order valence-corrected chi connectivity index (χ3v) is 4.19. The highest BCUT2D eigenvalue weighted by atomic mass is 35.5. The fourth-order valence-electron chi connectivity index (χ4n) is 2.50. The van der Waals surface area contributed by atoms with Crippen LogP contribution in [0.2, 0.25) is 0 Å². The Morgan fingerprint density at radius 3 is 2.54 bits per heavy atom. The summed E-state index contributed by atoms with van der Waals surface area (Å²) in [4.78, 5) is 6.50. The third-order valence-electron chi connectivity index (χ3n) is 3.83. The van der Waals surface area contributed by atoms with Crippen molar-refractivity contribution in [2.24, 2.45) is 10.7 Å². The predicted octanol–water partition coefficient (Wildman–Crippen LogP) is 4.77. The lowest BCUT2D eigenvalue weighted by Gasteiger charge is -2.19. The average Bonchev–Trinajstić information content (AvgIpc) is 2.61. The molecule has 124 valence electrons. The van der Waals surface area contributed by atoms with Gasteiger partial charge >= 0.3 is 0 Å². The zero-order valence-electron chi connectivity index (χ0n) is 13.4. The minimum absolute atomic E-state index is 0. The molecule has 0 heterocycles. The summed E-state index contributed by atoms with van der Waals surface area (Å²) in [5.41, 5.74) is 9.24. The van der Waals surface area contributed by atoms with E-state index < -0.39 is 0 Å². The van der Waals surface area contributed by atoms with E-state index in [4.69, 9.17) is 5.73 Å². The first-order chi connectivity index (χ1) is 11.2. The van der Waals surface area contributed by atoms with Crippen LogP contribution >= 0.6 is 25.0 Å². The summed E-state index contributed by atoms with van der Waals surface area (Å²) < 4.78 is 0. The molecule has 0 fully saturated rings. The maximum atomic E-state index is 6.22. The second kappa shape index (κ2) is 8.08. The lowest BCUT2D eigenvalue weighted by molar-refractivity contribution is 1.21.